The highest BCUT2D eigenvalue weighted by molar-refractivity contribution is 7.16. The zero-order valence-electron chi connectivity index (χ0n) is 10.6. The van der Waals surface area contributed by atoms with Crippen molar-refractivity contribution < 1.29 is 9.90 Å². The molecule has 102 valence electrons. The fraction of sp³-hybridized carbons (Fsp3) is 0.143. The van der Waals surface area contributed by atoms with Gasteiger partial charge in [0.05, 0.1) is 22.0 Å². The Balaban J connectivity index is 2.14. The minimum Gasteiger partial charge on any atom is -0.478 e. The van der Waals surface area contributed by atoms with E-state index in [0.717, 1.165) is 20.6 Å². The standard InChI is InChI=1S/C14H11ClN2O2S/c1-8-16-13-10(14(18)19)3-2-4-11(13)17(8)7-9-5-6-12(15)20-9/h2-6H,7H2,1H3,(H,18,19). The first-order chi connectivity index (χ1) is 9.56. The van der Waals surface area contributed by atoms with Crippen LogP contribution >= 0.6 is 22.9 Å². The third kappa shape index (κ3) is 2.19. The van der Waals surface area contributed by atoms with Gasteiger partial charge in [-0.15, -0.1) is 11.3 Å². The van der Waals surface area contributed by atoms with Crippen LogP contribution in [-0.4, -0.2) is 20.6 Å². The fourth-order valence-corrected chi connectivity index (χ4v) is 3.30. The van der Waals surface area contributed by atoms with E-state index in [-0.39, 0.29) is 5.56 Å². The number of fused-ring (bicyclic) bond motifs is 1. The molecule has 0 aliphatic heterocycles. The second-order valence-corrected chi connectivity index (χ2v) is 6.23. The number of carbonyl (C=O) groups is 1. The van der Waals surface area contributed by atoms with Crippen LogP contribution in [0.1, 0.15) is 21.1 Å². The van der Waals surface area contributed by atoms with E-state index in [0.29, 0.717) is 12.1 Å². The van der Waals surface area contributed by atoms with Crippen molar-refractivity contribution in [1.29, 1.82) is 0 Å². The monoisotopic (exact) mass is 306 g/mol. The second-order valence-electron chi connectivity index (χ2n) is 4.43. The van der Waals surface area contributed by atoms with Gasteiger partial charge >= 0.3 is 5.97 Å². The minimum atomic E-state index is -0.959. The summed E-state index contributed by atoms with van der Waals surface area (Å²) in [4.78, 5) is 16.7. The average Bonchev–Trinajstić information content (AvgIpc) is 2.94. The first-order valence-corrected chi connectivity index (χ1v) is 7.19. The molecular formula is C14H11ClN2O2S. The number of hydrogen-bond acceptors (Lipinski definition) is 3. The van der Waals surface area contributed by atoms with Crippen LogP contribution < -0.4 is 0 Å². The Morgan fingerprint density at radius 2 is 2.20 bits per heavy atom. The van der Waals surface area contributed by atoms with Crippen molar-refractivity contribution in [2.45, 2.75) is 13.5 Å². The van der Waals surface area contributed by atoms with E-state index in [1.54, 1.807) is 12.1 Å². The summed E-state index contributed by atoms with van der Waals surface area (Å²) in [7, 11) is 0. The lowest BCUT2D eigenvalue weighted by atomic mass is 10.2. The number of thiophene rings is 1. The van der Waals surface area contributed by atoms with Crippen LogP contribution in [-0.2, 0) is 6.54 Å². The number of aromatic nitrogens is 2. The molecule has 0 saturated heterocycles. The normalized spacial score (nSPS) is 11.1. The van der Waals surface area contributed by atoms with Crippen molar-refractivity contribution >= 4 is 39.9 Å². The summed E-state index contributed by atoms with van der Waals surface area (Å²) in [5.74, 6) is -0.169. The van der Waals surface area contributed by atoms with Crippen LogP contribution in [0.5, 0.6) is 0 Å². The molecule has 0 bridgehead atoms. The number of benzene rings is 1. The molecule has 3 aromatic rings. The number of imidazole rings is 1. The lowest BCUT2D eigenvalue weighted by Gasteiger charge is -2.05. The van der Waals surface area contributed by atoms with Crippen molar-refractivity contribution in [3.63, 3.8) is 0 Å². The zero-order chi connectivity index (χ0) is 14.3. The molecule has 0 saturated carbocycles. The van der Waals surface area contributed by atoms with Crippen LogP contribution in [0.2, 0.25) is 4.34 Å². The molecule has 1 N–H and O–H groups in total. The molecule has 20 heavy (non-hydrogen) atoms. The average molecular weight is 307 g/mol. The maximum absolute atomic E-state index is 11.2. The van der Waals surface area contributed by atoms with Crippen molar-refractivity contribution in [2.24, 2.45) is 0 Å². The molecule has 1 aromatic carbocycles. The third-order valence-electron chi connectivity index (χ3n) is 3.14. The summed E-state index contributed by atoms with van der Waals surface area (Å²) in [6, 6.07) is 9.03. The number of hydrogen-bond donors (Lipinski definition) is 1. The molecule has 0 unspecified atom stereocenters. The smallest absolute Gasteiger partial charge is 0.337 e. The number of halogens is 1. The van der Waals surface area contributed by atoms with Crippen molar-refractivity contribution in [1.82, 2.24) is 9.55 Å². The SMILES string of the molecule is Cc1nc2c(C(=O)O)cccc2n1Cc1ccc(Cl)s1. The van der Waals surface area contributed by atoms with Gasteiger partial charge in [0.15, 0.2) is 0 Å². The second kappa shape index (κ2) is 4.92. The van der Waals surface area contributed by atoms with Gasteiger partial charge in [-0.05, 0) is 31.2 Å². The summed E-state index contributed by atoms with van der Waals surface area (Å²) in [5.41, 5.74) is 1.58. The molecule has 0 aliphatic rings. The van der Waals surface area contributed by atoms with E-state index in [1.165, 1.54) is 11.3 Å². The van der Waals surface area contributed by atoms with Crippen LogP contribution in [0.25, 0.3) is 11.0 Å². The molecular weight excluding hydrogens is 296 g/mol. The molecule has 0 atom stereocenters. The third-order valence-corrected chi connectivity index (χ3v) is 4.36. The van der Waals surface area contributed by atoms with Gasteiger partial charge in [0.2, 0.25) is 0 Å². The van der Waals surface area contributed by atoms with Crippen molar-refractivity contribution in [3.05, 3.63) is 50.9 Å². The highest BCUT2D eigenvalue weighted by Crippen LogP contribution is 2.25. The molecule has 3 rings (SSSR count). The summed E-state index contributed by atoms with van der Waals surface area (Å²) in [6.07, 6.45) is 0. The molecule has 0 amide bonds. The number of nitrogens with zero attached hydrogens (tertiary/aromatic N) is 2. The number of carboxylic acid groups (broad SMARTS) is 1. The van der Waals surface area contributed by atoms with Crippen LogP contribution in [0.4, 0.5) is 0 Å². The Morgan fingerprint density at radius 1 is 1.40 bits per heavy atom. The zero-order valence-corrected chi connectivity index (χ0v) is 12.2. The maximum Gasteiger partial charge on any atom is 0.337 e. The summed E-state index contributed by atoms with van der Waals surface area (Å²) >= 11 is 7.46. The number of aryl methyl sites for hydroxylation is 1. The number of carboxylic acids is 1. The summed E-state index contributed by atoms with van der Waals surface area (Å²) < 4.78 is 2.75. The Kier molecular flexibility index (Phi) is 3.23. The van der Waals surface area contributed by atoms with Gasteiger partial charge in [-0.2, -0.15) is 0 Å². The first-order valence-electron chi connectivity index (χ1n) is 5.99. The van der Waals surface area contributed by atoms with E-state index in [1.807, 2.05) is 29.7 Å². The predicted octanol–water partition coefficient (Wildman–Crippen LogP) is 3.81. The Hall–Kier alpha value is -1.85. The quantitative estimate of drug-likeness (QED) is 0.800. The molecule has 4 nitrogen and oxygen atoms in total. The highest BCUT2D eigenvalue weighted by Gasteiger charge is 2.15. The number of rotatable bonds is 3. The largest absolute Gasteiger partial charge is 0.478 e. The van der Waals surface area contributed by atoms with Crippen LogP contribution in [0.15, 0.2) is 30.3 Å². The summed E-state index contributed by atoms with van der Waals surface area (Å²) in [5, 5.41) is 9.21. The molecule has 0 radical (unpaired) electrons. The van der Waals surface area contributed by atoms with Crippen molar-refractivity contribution in [3.8, 4) is 0 Å². The molecule has 0 fully saturated rings. The van der Waals surface area contributed by atoms with E-state index in [4.69, 9.17) is 11.6 Å². The van der Waals surface area contributed by atoms with E-state index in [9.17, 15) is 9.90 Å². The fourth-order valence-electron chi connectivity index (χ4n) is 2.23. The lowest BCUT2D eigenvalue weighted by molar-refractivity contribution is 0.0699. The topological polar surface area (TPSA) is 55.1 Å². The maximum atomic E-state index is 11.2. The van der Waals surface area contributed by atoms with Gasteiger partial charge in [0.1, 0.15) is 11.3 Å². The lowest BCUT2D eigenvalue weighted by Crippen LogP contribution is -2.01. The van der Waals surface area contributed by atoms with Gasteiger partial charge in [-0.1, -0.05) is 17.7 Å². The summed E-state index contributed by atoms with van der Waals surface area (Å²) in [6.45, 7) is 2.52. The van der Waals surface area contributed by atoms with Gasteiger partial charge in [0.25, 0.3) is 0 Å². The van der Waals surface area contributed by atoms with E-state index < -0.39 is 5.97 Å². The minimum absolute atomic E-state index is 0.230. The predicted molar refractivity (Wildman–Crippen MR) is 79.9 cm³/mol. The van der Waals surface area contributed by atoms with Crippen LogP contribution in [0.3, 0.4) is 0 Å². The Morgan fingerprint density at radius 3 is 2.85 bits per heavy atom. The molecule has 6 heteroatoms. The van der Waals surface area contributed by atoms with Gasteiger partial charge < -0.3 is 9.67 Å². The Bertz CT molecular complexity index is 807. The van der Waals surface area contributed by atoms with E-state index in [2.05, 4.69) is 4.98 Å². The van der Waals surface area contributed by atoms with E-state index >= 15 is 0 Å². The molecule has 0 spiro atoms. The van der Waals surface area contributed by atoms with Gasteiger partial charge in [-0.3, -0.25) is 0 Å². The van der Waals surface area contributed by atoms with Gasteiger partial charge in [-0.25, -0.2) is 9.78 Å². The number of para-hydroxylation sites is 1. The molecule has 2 heterocycles. The Labute approximate surface area is 124 Å². The highest BCUT2D eigenvalue weighted by atomic mass is 35.5. The first kappa shape index (κ1) is 13.1. The molecule has 0 aliphatic carbocycles. The molecule has 2 aromatic heterocycles. The van der Waals surface area contributed by atoms with Crippen LogP contribution in [0, 0.1) is 6.92 Å². The van der Waals surface area contributed by atoms with Crippen molar-refractivity contribution in [2.75, 3.05) is 0 Å². The number of aromatic carboxylic acids is 1. The van der Waals surface area contributed by atoms with Gasteiger partial charge in [0, 0.05) is 4.88 Å².